The molecule has 1 aliphatic heterocycles. The molecule has 3 nitrogen and oxygen atoms in total. The molecule has 1 aliphatic rings. The number of halogens is 1. The standard InChI is InChI=1S/C24H19FO3/c1-15-7-9-17(10-8-15)13-22-23(26)19-11-12-21(16(2)24(19)28-22)27-14-18-5-3-4-6-20(18)25/h3-13H,14H2,1-2H3/b22-13-. The molecule has 4 rings (SSSR count). The highest BCUT2D eigenvalue weighted by Gasteiger charge is 2.30. The van der Waals surface area contributed by atoms with Crippen molar-refractivity contribution in [2.45, 2.75) is 20.5 Å². The van der Waals surface area contributed by atoms with Crippen molar-refractivity contribution in [3.63, 3.8) is 0 Å². The van der Waals surface area contributed by atoms with Crippen molar-refractivity contribution in [1.82, 2.24) is 0 Å². The first-order chi connectivity index (χ1) is 13.5. The number of aryl methyl sites for hydroxylation is 1. The Morgan fingerprint density at radius 2 is 1.75 bits per heavy atom. The van der Waals surface area contributed by atoms with Gasteiger partial charge in [-0.25, -0.2) is 4.39 Å². The van der Waals surface area contributed by atoms with Gasteiger partial charge in [0.1, 0.15) is 23.9 Å². The number of hydrogen-bond donors (Lipinski definition) is 0. The van der Waals surface area contributed by atoms with Crippen LogP contribution in [-0.4, -0.2) is 5.78 Å². The van der Waals surface area contributed by atoms with Crippen LogP contribution in [0.15, 0.2) is 66.4 Å². The van der Waals surface area contributed by atoms with Gasteiger partial charge in [0.15, 0.2) is 5.76 Å². The minimum absolute atomic E-state index is 0.103. The Balaban J connectivity index is 1.58. The van der Waals surface area contributed by atoms with E-state index >= 15 is 0 Å². The Bertz CT molecular complexity index is 1080. The van der Waals surface area contributed by atoms with Crippen molar-refractivity contribution in [1.29, 1.82) is 0 Å². The van der Waals surface area contributed by atoms with Crippen molar-refractivity contribution < 1.29 is 18.7 Å². The average molecular weight is 374 g/mol. The minimum Gasteiger partial charge on any atom is -0.488 e. The Labute approximate surface area is 163 Å². The summed E-state index contributed by atoms with van der Waals surface area (Å²) < 4.78 is 25.4. The Morgan fingerprint density at radius 1 is 1.00 bits per heavy atom. The predicted octanol–water partition coefficient (Wildman–Crippen LogP) is 5.64. The van der Waals surface area contributed by atoms with E-state index in [4.69, 9.17) is 9.47 Å². The number of benzene rings is 3. The molecule has 4 heteroatoms. The molecule has 3 aromatic rings. The number of carbonyl (C=O) groups is 1. The average Bonchev–Trinajstić information content (AvgIpc) is 3.01. The van der Waals surface area contributed by atoms with E-state index in [0.29, 0.717) is 22.6 Å². The van der Waals surface area contributed by atoms with E-state index in [1.807, 2.05) is 38.1 Å². The summed E-state index contributed by atoms with van der Waals surface area (Å²) >= 11 is 0. The highest BCUT2D eigenvalue weighted by molar-refractivity contribution is 6.14. The summed E-state index contributed by atoms with van der Waals surface area (Å²) in [6.45, 7) is 3.94. The van der Waals surface area contributed by atoms with Crippen LogP contribution in [0.5, 0.6) is 11.5 Å². The van der Waals surface area contributed by atoms with Crippen LogP contribution in [0.25, 0.3) is 6.08 Å². The third kappa shape index (κ3) is 3.41. The molecule has 0 spiro atoms. The second-order valence-corrected chi connectivity index (χ2v) is 6.80. The van der Waals surface area contributed by atoms with Gasteiger partial charge in [-0.1, -0.05) is 48.0 Å². The van der Waals surface area contributed by atoms with Gasteiger partial charge in [0.05, 0.1) is 5.56 Å². The lowest BCUT2D eigenvalue weighted by Crippen LogP contribution is -2.00. The van der Waals surface area contributed by atoms with Crippen LogP contribution in [0.4, 0.5) is 4.39 Å². The molecule has 0 radical (unpaired) electrons. The van der Waals surface area contributed by atoms with Crippen LogP contribution in [0, 0.1) is 19.7 Å². The fourth-order valence-corrected chi connectivity index (χ4v) is 3.11. The number of hydrogen-bond acceptors (Lipinski definition) is 3. The zero-order chi connectivity index (χ0) is 19.7. The molecule has 140 valence electrons. The van der Waals surface area contributed by atoms with Crippen molar-refractivity contribution >= 4 is 11.9 Å². The van der Waals surface area contributed by atoms with Crippen molar-refractivity contribution in [3.05, 3.63) is 100 Å². The first-order valence-electron chi connectivity index (χ1n) is 9.03. The molecule has 0 aromatic heterocycles. The zero-order valence-corrected chi connectivity index (χ0v) is 15.7. The van der Waals surface area contributed by atoms with E-state index in [1.54, 1.807) is 36.4 Å². The first kappa shape index (κ1) is 18.0. The van der Waals surface area contributed by atoms with Crippen molar-refractivity contribution in [2.75, 3.05) is 0 Å². The summed E-state index contributed by atoms with van der Waals surface area (Å²) in [5.41, 5.74) is 3.75. The van der Waals surface area contributed by atoms with E-state index in [9.17, 15) is 9.18 Å². The van der Waals surface area contributed by atoms with Gasteiger partial charge in [0.2, 0.25) is 5.78 Å². The fourth-order valence-electron chi connectivity index (χ4n) is 3.11. The van der Waals surface area contributed by atoms with Gasteiger partial charge < -0.3 is 9.47 Å². The van der Waals surface area contributed by atoms with E-state index in [2.05, 4.69) is 0 Å². The molecule has 0 aliphatic carbocycles. The largest absolute Gasteiger partial charge is 0.488 e. The van der Waals surface area contributed by atoms with Crippen molar-refractivity contribution in [2.24, 2.45) is 0 Å². The molecule has 0 fully saturated rings. The summed E-state index contributed by atoms with van der Waals surface area (Å²) in [7, 11) is 0. The number of ether oxygens (including phenoxy) is 2. The van der Waals surface area contributed by atoms with E-state index in [1.165, 1.54) is 6.07 Å². The molecule has 0 saturated carbocycles. The zero-order valence-electron chi connectivity index (χ0n) is 15.7. The first-order valence-corrected chi connectivity index (χ1v) is 9.03. The topological polar surface area (TPSA) is 35.5 Å². The van der Waals surface area contributed by atoms with Crippen LogP contribution in [-0.2, 0) is 6.61 Å². The maximum atomic E-state index is 13.8. The smallest absolute Gasteiger partial charge is 0.231 e. The molecule has 0 N–H and O–H groups in total. The van der Waals surface area contributed by atoms with Gasteiger partial charge in [-0.2, -0.15) is 0 Å². The van der Waals surface area contributed by atoms with Crippen molar-refractivity contribution in [3.8, 4) is 11.5 Å². The van der Waals surface area contributed by atoms with E-state index < -0.39 is 0 Å². The number of ketones is 1. The van der Waals surface area contributed by atoms with Gasteiger partial charge in [-0.15, -0.1) is 0 Å². The Morgan fingerprint density at radius 3 is 2.50 bits per heavy atom. The Kier molecular flexibility index (Phi) is 4.70. The van der Waals surface area contributed by atoms with Gasteiger partial charge in [-0.3, -0.25) is 4.79 Å². The lowest BCUT2D eigenvalue weighted by molar-refractivity contribution is 0.101. The summed E-state index contributed by atoms with van der Waals surface area (Å²) in [4.78, 5) is 12.7. The maximum Gasteiger partial charge on any atom is 0.231 e. The van der Waals surface area contributed by atoms with Gasteiger partial charge in [0, 0.05) is 11.1 Å². The summed E-state index contributed by atoms with van der Waals surface area (Å²) in [5.74, 6) is 0.879. The van der Waals surface area contributed by atoms with Crippen LogP contribution in [0.2, 0.25) is 0 Å². The van der Waals surface area contributed by atoms with Gasteiger partial charge >= 0.3 is 0 Å². The minimum atomic E-state index is -0.309. The quantitative estimate of drug-likeness (QED) is 0.555. The second kappa shape index (κ2) is 7.31. The Hall–Kier alpha value is -3.40. The summed E-state index contributed by atoms with van der Waals surface area (Å²) in [6, 6.07) is 17.8. The summed E-state index contributed by atoms with van der Waals surface area (Å²) in [6.07, 6.45) is 1.74. The molecule has 0 bridgehead atoms. The molecule has 28 heavy (non-hydrogen) atoms. The number of Topliss-reactive ketones (excluding diaryl/α,β-unsaturated/α-hetero) is 1. The molecular formula is C24H19FO3. The molecule has 3 aromatic carbocycles. The van der Waals surface area contributed by atoms with Crippen LogP contribution in [0.1, 0.15) is 32.6 Å². The van der Waals surface area contributed by atoms with Crippen LogP contribution in [0.3, 0.4) is 0 Å². The monoisotopic (exact) mass is 374 g/mol. The van der Waals surface area contributed by atoms with Crippen LogP contribution >= 0.6 is 0 Å². The molecule has 1 heterocycles. The van der Waals surface area contributed by atoms with E-state index in [-0.39, 0.29) is 24.0 Å². The lowest BCUT2D eigenvalue weighted by atomic mass is 10.1. The van der Waals surface area contributed by atoms with E-state index in [0.717, 1.165) is 16.7 Å². The predicted molar refractivity (Wildman–Crippen MR) is 106 cm³/mol. The molecular weight excluding hydrogens is 355 g/mol. The number of carbonyl (C=O) groups excluding carboxylic acids is 1. The number of fused-ring (bicyclic) bond motifs is 1. The highest BCUT2D eigenvalue weighted by atomic mass is 19.1. The second-order valence-electron chi connectivity index (χ2n) is 6.80. The highest BCUT2D eigenvalue weighted by Crippen LogP contribution is 2.39. The van der Waals surface area contributed by atoms with Gasteiger partial charge in [-0.05, 0) is 43.7 Å². The fraction of sp³-hybridized carbons (Fsp3) is 0.125. The lowest BCUT2D eigenvalue weighted by Gasteiger charge is -2.12. The third-order valence-corrected chi connectivity index (χ3v) is 4.75. The molecule has 0 atom stereocenters. The molecule has 0 amide bonds. The number of allylic oxidation sites excluding steroid dienone is 1. The maximum absolute atomic E-state index is 13.8. The summed E-state index contributed by atoms with van der Waals surface area (Å²) in [5, 5.41) is 0. The van der Waals surface area contributed by atoms with Crippen LogP contribution < -0.4 is 9.47 Å². The molecule has 0 unspecified atom stereocenters. The normalized spacial score (nSPS) is 14.1. The van der Waals surface area contributed by atoms with Gasteiger partial charge in [0.25, 0.3) is 0 Å². The SMILES string of the molecule is Cc1ccc(/C=C2\Oc3c(ccc(OCc4ccccc4F)c3C)C2=O)cc1. The third-order valence-electron chi connectivity index (χ3n) is 4.75. The molecule has 0 saturated heterocycles. The number of rotatable bonds is 4.